The van der Waals surface area contributed by atoms with Crippen LogP contribution in [0.4, 0.5) is 0 Å². The van der Waals surface area contributed by atoms with E-state index in [-0.39, 0.29) is 10.1 Å². The van der Waals surface area contributed by atoms with Crippen LogP contribution < -0.4 is 0 Å². The monoisotopic (exact) mass is 179 g/mol. The Kier molecular flexibility index (Phi) is 33.0. The van der Waals surface area contributed by atoms with E-state index >= 15 is 0 Å². The Hall–Kier alpha value is 0.169. The molecule has 13 heavy (non-hydrogen) atoms. The normalized spacial score (nSPS) is 8.31. The van der Waals surface area contributed by atoms with E-state index in [4.69, 9.17) is 0 Å². The third kappa shape index (κ3) is 33.1. The predicted octanol–water partition coefficient (Wildman–Crippen LogP) is 4.42. The van der Waals surface area contributed by atoms with Crippen LogP contribution in [0.15, 0.2) is 0 Å². The van der Waals surface area contributed by atoms with E-state index in [9.17, 15) is 0 Å². The third-order valence-corrected chi connectivity index (χ3v) is 1.71. The third-order valence-electron chi connectivity index (χ3n) is 1.71. The van der Waals surface area contributed by atoms with Crippen LogP contribution in [0.1, 0.15) is 65.2 Å². The summed E-state index contributed by atoms with van der Waals surface area (Å²) in [7, 11) is 0. The Balaban J connectivity index is -0.000000143. The standard InChI is InChI=1S/2C6H13.Be/c2*1-3-5-6-4-2;/h2*1,3-6H2,2H3;/q2*-1;+2. The molecule has 0 aliphatic carbocycles. The molecule has 0 bridgehead atoms. The first-order chi connectivity index (χ1) is 5.83. The molecule has 0 radical (unpaired) electrons. The molecule has 1 heteroatoms. The average molecular weight is 179 g/mol. The van der Waals surface area contributed by atoms with E-state index in [1.165, 1.54) is 38.5 Å². The van der Waals surface area contributed by atoms with Gasteiger partial charge in [0.1, 0.15) is 0 Å². The average Bonchev–Trinajstić information content (AvgIpc) is 2.12. The van der Waals surface area contributed by atoms with Gasteiger partial charge in [-0.3, -0.25) is 0 Å². The first-order valence-electron chi connectivity index (χ1n) is 5.41. The van der Waals surface area contributed by atoms with Gasteiger partial charge in [0.2, 0.25) is 0 Å². The van der Waals surface area contributed by atoms with E-state index in [1.807, 2.05) is 0 Å². The molecule has 76 valence electrons. The maximum Gasteiger partial charge on any atom is 2.00 e. The molecular weight excluding hydrogens is 153 g/mol. The Morgan fingerprint density at radius 3 is 1.08 bits per heavy atom. The minimum atomic E-state index is 0. The van der Waals surface area contributed by atoms with Crippen molar-refractivity contribution < 1.29 is 0 Å². The van der Waals surface area contributed by atoms with Crippen molar-refractivity contribution in [3.8, 4) is 0 Å². The van der Waals surface area contributed by atoms with Crippen molar-refractivity contribution >= 4 is 10.1 Å². The Morgan fingerprint density at radius 2 is 1.00 bits per heavy atom. The first-order valence-corrected chi connectivity index (χ1v) is 5.41. The van der Waals surface area contributed by atoms with Crippen LogP contribution in [0.25, 0.3) is 0 Å². The van der Waals surface area contributed by atoms with E-state index in [0.29, 0.717) is 0 Å². The van der Waals surface area contributed by atoms with Crippen LogP contribution in [0.3, 0.4) is 0 Å². The minimum Gasteiger partial charge on any atom is -0.343 e. The van der Waals surface area contributed by atoms with Gasteiger partial charge in [-0.25, -0.2) is 0 Å². The quantitative estimate of drug-likeness (QED) is 0.322. The molecule has 0 aromatic rings. The molecule has 0 spiro atoms. The Bertz CT molecular complexity index is 37.1. The van der Waals surface area contributed by atoms with Gasteiger partial charge in [-0.2, -0.15) is 12.8 Å². The fourth-order valence-electron chi connectivity index (χ4n) is 0.854. The van der Waals surface area contributed by atoms with E-state index in [2.05, 4.69) is 27.7 Å². The summed E-state index contributed by atoms with van der Waals surface area (Å²) in [5.41, 5.74) is 0. The molecule has 0 aliphatic heterocycles. The van der Waals surface area contributed by atoms with Gasteiger partial charge in [-0.1, -0.05) is 52.4 Å². The number of rotatable bonds is 6. The molecule has 0 unspecified atom stereocenters. The van der Waals surface area contributed by atoms with E-state index < -0.39 is 0 Å². The van der Waals surface area contributed by atoms with Gasteiger partial charge < -0.3 is 13.8 Å². The van der Waals surface area contributed by atoms with Crippen molar-refractivity contribution in [2.75, 3.05) is 0 Å². The fourth-order valence-corrected chi connectivity index (χ4v) is 0.854. The van der Waals surface area contributed by atoms with Crippen LogP contribution >= 0.6 is 0 Å². The summed E-state index contributed by atoms with van der Waals surface area (Å²) in [6, 6.07) is 0. The minimum absolute atomic E-state index is 0. The number of hydrogen-bond donors (Lipinski definition) is 0. The van der Waals surface area contributed by atoms with Gasteiger partial charge >= 0.3 is 10.1 Å². The zero-order valence-corrected chi connectivity index (χ0v) is 9.78. The van der Waals surface area contributed by atoms with Gasteiger partial charge in [0, 0.05) is 0 Å². The summed E-state index contributed by atoms with van der Waals surface area (Å²) in [5.74, 6) is 0. The van der Waals surface area contributed by atoms with Crippen molar-refractivity contribution in [2.24, 2.45) is 0 Å². The van der Waals surface area contributed by atoms with Crippen LogP contribution in [0, 0.1) is 13.8 Å². The largest absolute Gasteiger partial charge is 2.00 e. The second-order valence-electron chi connectivity index (χ2n) is 3.12. The summed E-state index contributed by atoms with van der Waals surface area (Å²) < 4.78 is 0. The molecule has 0 rings (SSSR count). The second-order valence-corrected chi connectivity index (χ2v) is 3.12. The molecule has 0 nitrogen and oxygen atoms in total. The SMILES string of the molecule is [Be+2].[CH2-]CCCCC.[CH2-]CCCCC. The van der Waals surface area contributed by atoms with Crippen molar-refractivity contribution in [1.29, 1.82) is 0 Å². The maximum atomic E-state index is 3.72. The number of hydrogen-bond acceptors (Lipinski definition) is 0. The summed E-state index contributed by atoms with van der Waals surface area (Å²) in [4.78, 5) is 0. The summed E-state index contributed by atoms with van der Waals surface area (Å²) in [6.07, 6.45) is 10.1. The van der Waals surface area contributed by atoms with Gasteiger partial charge in [0.15, 0.2) is 0 Å². The van der Waals surface area contributed by atoms with Crippen molar-refractivity contribution in [3.63, 3.8) is 0 Å². The maximum absolute atomic E-state index is 3.72. The molecule has 0 saturated heterocycles. The molecular formula is C12H26Be. The zero-order valence-electron chi connectivity index (χ0n) is 9.78. The Labute approximate surface area is 89.7 Å². The predicted molar refractivity (Wildman–Crippen MR) is 64.8 cm³/mol. The van der Waals surface area contributed by atoms with Gasteiger partial charge in [0.05, 0.1) is 0 Å². The fraction of sp³-hybridized carbons (Fsp3) is 0.833. The van der Waals surface area contributed by atoms with Crippen molar-refractivity contribution in [2.45, 2.75) is 65.2 Å². The molecule has 0 aliphatic rings. The van der Waals surface area contributed by atoms with Gasteiger partial charge in [-0.05, 0) is 0 Å². The summed E-state index contributed by atoms with van der Waals surface area (Å²) >= 11 is 0. The molecule has 0 N–H and O–H groups in total. The molecule has 0 fully saturated rings. The molecule has 0 heterocycles. The van der Waals surface area contributed by atoms with Gasteiger partial charge in [0.25, 0.3) is 0 Å². The topological polar surface area (TPSA) is 0 Å². The first kappa shape index (κ1) is 18.9. The molecule has 0 aromatic carbocycles. The van der Waals surface area contributed by atoms with E-state index in [1.54, 1.807) is 0 Å². The van der Waals surface area contributed by atoms with Crippen molar-refractivity contribution in [1.82, 2.24) is 0 Å². The molecule has 0 aromatic heterocycles. The van der Waals surface area contributed by atoms with E-state index in [0.717, 1.165) is 12.8 Å². The Morgan fingerprint density at radius 1 is 0.692 bits per heavy atom. The van der Waals surface area contributed by atoms with Crippen LogP contribution in [-0.4, -0.2) is 10.1 Å². The van der Waals surface area contributed by atoms with Gasteiger partial charge in [-0.15, -0.1) is 0 Å². The molecule has 0 saturated carbocycles. The molecule has 0 atom stereocenters. The van der Waals surface area contributed by atoms with Crippen LogP contribution in [0.2, 0.25) is 0 Å². The molecule has 0 amide bonds. The second kappa shape index (κ2) is 22.7. The smallest absolute Gasteiger partial charge is 0.343 e. The van der Waals surface area contributed by atoms with Crippen molar-refractivity contribution in [3.05, 3.63) is 13.8 Å². The van der Waals surface area contributed by atoms with Crippen LogP contribution in [0.5, 0.6) is 0 Å². The zero-order chi connectivity index (χ0) is 9.66. The van der Waals surface area contributed by atoms with Crippen LogP contribution in [-0.2, 0) is 0 Å². The summed E-state index contributed by atoms with van der Waals surface area (Å²) in [6.45, 7) is 11.9. The summed E-state index contributed by atoms with van der Waals surface area (Å²) in [5, 5.41) is 0. The number of unbranched alkanes of at least 4 members (excludes halogenated alkanes) is 6.